The van der Waals surface area contributed by atoms with Gasteiger partial charge in [0.2, 0.25) is 10.0 Å². The molecule has 0 atom stereocenters. The van der Waals surface area contributed by atoms with Crippen LogP contribution in [0, 0.1) is 0 Å². The molecule has 2 aromatic heterocycles. The smallest absolute Gasteiger partial charge is 0.251 e. The number of hydrogen-bond donors (Lipinski definition) is 1. The van der Waals surface area contributed by atoms with Crippen LogP contribution >= 0.6 is 11.8 Å². The van der Waals surface area contributed by atoms with Gasteiger partial charge in [-0.1, -0.05) is 25.1 Å². The van der Waals surface area contributed by atoms with Crippen molar-refractivity contribution < 1.29 is 13.2 Å². The van der Waals surface area contributed by atoms with Crippen LogP contribution in [-0.4, -0.2) is 76.9 Å². The molecule has 2 aliphatic heterocycles. The summed E-state index contributed by atoms with van der Waals surface area (Å²) >= 11 is 1.66. The molecule has 0 spiro atoms. The summed E-state index contributed by atoms with van der Waals surface area (Å²) in [6.45, 7) is 6.05. The van der Waals surface area contributed by atoms with Crippen LogP contribution in [0.4, 0.5) is 5.82 Å². The van der Waals surface area contributed by atoms with Crippen LogP contribution in [0.3, 0.4) is 0 Å². The van der Waals surface area contributed by atoms with E-state index < -0.39 is 10.0 Å². The summed E-state index contributed by atoms with van der Waals surface area (Å²) in [6.07, 6.45) is 9.27. The number of benzene rings is 1. The van der Waals surface area contributed by atoms with Gasteiger partial charge in [-0.3, -0.25) is 4.79 Å². The van der Waals surface area contributed by atoms with Gasteiger partial charge in [0.1, 0.15) is 5.82 Å². The molecule has 1 N–H and O–H groups in total. The highest BCUT2D eigenvalue weighted by Gasteiger charge is 2.26. The number of thioether (sulfide) groups is 1. The zero-order chi connectivity index (χ0) is 27.2. The van der Waals surface area contributed by atoms with E-state index in [4.69, 9.17) is 9.97 Å². The lowest BCUT2D eigenvalue weighted by Crippen LogP contribution is -2.35. The number of carbonyl (C=O) groups excluding carboxylic acids is 1. The van der Waals surface area contributed by atoms with Crippen molar-refractivity contribution in [2.24, 2.45) is 0 Å². The Balaban J connectivity index is 1.25. The Hall–Kier alpha value is -2.70. The van der Waals surface area contributed by atoms with Gasteiger partial charge in [-0.05, 0) is 62.8 Å². The van der Waals surface area contributed by atoms with Crippen LogP contribution in [0.15, 0.2) is 40.5 Å². The van der Waals surface area contributed by atoms with Gasteiger partial charge in [0.15, 0.2) is 10.8 Å². The summed E-state index contributed by atoms with van der Waals surface area (Å²) in [5.74, 6) is 1.65. The Morgan fingerprint density at radius 1 is 0.974 bits per heavy atom. The molecule has 2 saturated heterocycles. The molecule has 10 nitrogen and oxygen atoms in total. The summed E-state index contributed by atoms with van der Waals surface area (Å²) in [7, 11) is -3.52. The Labute approximate surface area is 234 Å². The zero-order valence-corrected chi connectivity index (χ0v) is 24.1. The lowest BCUT2D eigenvalue weighted by Gasteiger charge is -2.28. The minimum atomic E-state index is -3.52. The van der Waals surface area contributed by atoms with Crippen molar-refractivity contribution in [3.05, 3.63) is 36.0 Å². The van der Waals surface area contributed by atoms with Gasteiger partial charge >= 0.3 is 0 Å². The monoisotopic (exact) mass is 571 g/mol. The first-order chi connectivity index (χ1) is 19.0. The summed E-state index contributed by atoms with van der Waals surface area (Å²) < 4.78 is 29.1. The van der Waals surface area contributed by atoms with E-state index in [-0.39, 0.29) is 10.8 Å². The van der Waals surface area contributed by atoms with Crippen molar-refractivity contribution in [3.8, 4) is 0 Å². The Kier molecular flexibility index (Phi) is 9.03. The first-order valence-electron chi connectivity index (χ1n) is 14.0. The quantitative estimate of drug-likeness (QED) is 0.288. The Morgan fingerprint density at radius 2 is 1.67 bits per heavy atom. The molecular weight excluding hydrogens is 534 g/mol. The van der Waals surface area contributed by atoms with Crippen LogP contribution in [0.5, 0.6) is 0 Å². The molecule has 0 unspecified atom stereocenters. The molecule has 4 heterocycles. The maximum absolute atomic E-state index is 12.9. The number of piperidine rings is 2. The average molecular weight is 572 g/mol. The highest BCUT2D eigenvalue weighted by atomic mass is 32.2. The third-order valence-corrected chi connectivity index (χ3v) is 10.2. The van der Waals surface area contributed by atoms with E-state index in [9.17, 15) is 13.2 Å². The maximum Gasteiger partial charge on any atom is 0.251 e. The largest absolute Gasteiger partial charge is 0.356 e. The number of rotatable bonds is 10. The fourth-order valence-electron chi connectivity index (χ4n) is 5.10. The fraction of sp³-hybridized carbons (Fsp3) is 0.556. The van der Waals surface area contributed by atoms with Crippen LogP contribution in [0.25, 0.3) is 11.0 Å². The van der Waals surface area contributed by atoms with Gasteiger partial charge in [0.25, 0.3) is 5.91 Å². The lowest BCUT2D eigenvalue weighted by molar-refractivity contribution is 0.0952. The molecule has 0 bridgehead atoms. The minimum absolute atomic E-state index is 0.227. The molecule has 2 fully saturated rings. The first-order valence-corrected chi connectivity index (χ1v) is 16.4. The van der Waals surface area contributed by atoms with Gasteiger partial charge in [-0.2, -0.15) is 9.40 Å². The number of nitrogens with one attached hydrogen (secondary N) is 1. The van der Waals surface area contributed by atoms with Crippen LogP contribution in [0.2, 0.25) is 0 Å². The van der Waals surface area contributed by atoms with E-state index in [1.54, 1.807) is 23.9 Å². The second kappa shape index (κ2) is 12.6. The predicted molar refractivity (Wildman–Crippen MR) is 154 cm³/mol. The molecule has 1 amide bonds. The SMILES string of the molecule is CCCSc1nc(N2CCCCC2)c2cnn(CCNC(=O)c3ccc(S(=O)(=O)N4CCCCC4)cc3)c2n1. The maximum atomic E-state index is 12.9. The molecular formula is C27H37N7O3S2. The molecule has 0 saturated carbocycles. The standard InChI is InChI=1S/C27H37N7O3S2/c1-2-19-38-27-30-24(32-14-5-3-6-15-32)23-20-29-34(25(23)31-27)18-13-28-26(35)21-9-11-22(12-10-21)39(36,37)33-16-7-4-8-17-33/h9-12,20H,2-8,13-19H2,1H3,(H,28,35). The molecule has 5 rings (SSSR count). The predicted octanol–water partition coefficient (Wildman–Crippen LogP) is 3.92. The molecule has 12 heteroatoms. The second-order valence-corrected chi connectivity index (χ2v) is 13.1. The first kappa shape index (κ1) is 27.9. The highest BCUT2D eigenvalue weighted by molar-refractivity contribution is 7.99. The van der Waals surface area contributed by atoms with Gasteiger partial charge < -0.3 is 10.2 Å². The van der Waals surface area contributed by atoms with Gasteiger partial charge in [0, 0.05) is 44.0 Å². The lowest BCUT2D eigenvalue weighted by atomic mass is 10.1. The van der Waals surface area contributed by atoms with Crippen molar-refractivity contribution in [3.63, 3.8) is 0 Å². The summed E-state index contributed by atoms with van der Waals surface area (Å²) in [4.78, 5) is 25.1. The Morgan fingerprint density at radius 3 is 2.36 bits per heavy atom. The van der Waals surface area contributed by atoms with Gasteiger partial charge in [-0.15, -0.1) is 0 Å². The highest BCUT2D eigenvalue weighted by Crippen LogP contribution is 2.29. The normalized spacial score (nSPS) is 17.0. The third kappa shape index (κ3) is 6.38. The number of sulfonamides is 1. The van der Waals surface area contributed by atoms with E-state index in [1.165, 1.54) is 22.9 Å². The number of nitrogens with zero attached hydrogens (tertiary/aromatic N) is 6. The van der Waals surface area contributed by atoms with E-state index in [2.05, 4.69) is 22.2 Å². The molecule has 1 aromatic carbocycles. The van der Waals surface area contributed by atoms with E-state index in [0.717, 1.165) is 79.4 Å². The van der Waals surface area contributed by atoms with E-state index in [1.807, 2.05) is 10.9 Å². The molecule has 210 valence electrons. The number of hydrogen-bond acceptors (Lipinski definition) is 8. The fourth-order valence-corrected chi connectivity index (χ4v) is 7.31. The Bertz CT molecular complexity index is 1380. The zero-order valence-electron chi connectivity index (χ0n) is 22.5. The molecule has 2 aliphatic rings. The molecule has 0 radical (unpaired) electrons. The molecule has 0 aliphatic carbocycles. The molecule has 3 aromatic rings. The van der Waals surface area contributed by atoms with E-state index >= 15 is 0 Å². The third-order valence-electron chi connectivity index (χ3n) is 7.22. The summed E-state index contributed by atoms with van der Waals surface area (Å²) in [5, 5.41) is 9.21. The van der Waals surface area contributed by atoms with Crippen LogP contribution in [0.1, 0.15) is 62.2 Å². The topological polar surface area (TPSA) is 113 Å². The van der Waals surface area contributed by atoms with Gasteiger partial charge in [-0.25, -0.2) is 23.1 Å². The van der Waals surface area contributed by atoms with Crippen molar-refractivity contribution >= 4 is 44.5 Å². The number of carbonyl (C=O) groups is 1. The van der Waals surface area contributed by atoms with Crippen molar-refractivity contribution in [2.75, 3.05) is 43.4 Å². The van der Waals surface area contributed by atoms with Gasteiger partial charge in [0.05, 0.1) is 23.0 Å². The van der Waals surface area contributed by atoms with Crippen LogP contribution in [-0.2, 0) is 16.6 Å². The average Bonchev–Trinajstić information content (AvgIpc) is 3.39. The molecule has 39 heavy (non-hydrogen) atoms. The number of anilines is 1. The minimum Gasteiger partial charge on any atom is -0.356 e. The van der Waals surface area contributed by atoms with Crippen molar-refractivity contribution in [1.82, 2.24) is 29.4 Å². The van der Waals surface area contributed by atoms with Crippen molar-refractivity contribution in [2.45, 2.75) is 68.5 Å². The van der Waals surface area contributed by atoms with Crippen LogP contribution < -0.4 is 10.2 Å². The number of fused-ring (bicyclic) bond motifs is 1. The van der Waals surface area contributed by atoms with Crippen molar-refractivity contribution in [1.29, 1.82) is 0 Å². The number of amides is 1. The second-order valence-electron chi connectivity index (χ2n) is 10.1. The summed E-state index contributed by atoms with van der Waals surface area (Å²) in [5.41, 5.74) is 1.21. The number of aromatic nitrogens is 4. The van der Waals surface area contributed by atoms with E-state index in [0.29, 0.717) is 31.7 Å². The summed E-state index contributed by atoms with van der Waals surface area (Å²) in [6, 6.07) is 6.19.